The van der Waals surface area contributed by atoms with Gasteiger partial charge in [0.1, 0.15) is 4.88 Å². The second-order valence-electron chi connectivity index (χ2n) is 7.30. The SMILES string of the molecule is Cc1nc(C2CCCN(C)C2)sc1C(=O)NC1CCCc2cn[nH]c21. The molecule has 1 aliphatic heterocycles. The molecule has 2 aromatic rings. The molecule has 0 spiro atoms. The molecule has 1 saturated heterocycles. The molecule has 0 bridgehead atoms. The maximum absolute atomic E-state index is 12.8. The summed E-state index contributed by atoms with van der Waals surface area (Å²) in [4.78, 5) is 20.7. The lowest BCUT2D eigenvalue weighted by Crippen LogP contribution is -2.31. The van der Waals surface area contributed by atoms with Crippen molar-refractivity contribution in [3.63, 3.8) is 0 Å². The van der Waals surface area contributed by atoms with Gasteiger partial charge >= 0.3 is 0 Å². The molecule has 7 heteroatoms. The number of fused-ring (bicyclic) bond motifs is 1. The number of piperidine rings is 1. The van der Waals surface area contributed by atoms with E-state index in [1.165, 1.54) is 18.4 Å². The molecule has 134 valence electrons. The summed E-state index contributed by atoms with van der Waals surface area (Å²) in [6, 6.07) is 0.0320. The van der Waals surface area contributed by atoms with Crippen molar-refractivity contribution in [2.24, 2.45) is 0 Å². The number of H-pyrrole nitrogens is 1. The Morgan fingerprint density at radius 2 is 2.28 bits per heavy atom. The van der Waals surface area contributed by atoms with Crippen LogP contribution in [0.25, 0.3) is 0 Å². The van der Waals surface area contributed by atoms with Crippen molar-refractivity contribution in [2.45, 2.75) is 51.0 Å². The quantitative estimate of drug-likeness (QED) is 0.884. The van der Waals surface area contributed by atoms with Gasteiger partial charge in [0.25, 0.3) is 5.91 Å². The van der Waals surface area contributed by atoms with Gasteiger partial charge in [0, 0.05) is 12.5 Å². The topological polar surface area (TPSA) is 73.9 Å². The molecule has 3 heterocycles. The lowest BCUT2D eigenvalue weighted by Gasteiger charge is -2.28. The summed E-state index contributed by atoms with van der Waals surface area (Å²) in [5.74, 6) is 0.454. The van der Waals surface area contributed by atoms with Crippen LogP contribution in [0.4, 0.5) is 0 Å². The molecule has 2 unspecified atom stereocenters. The minimum atomic E-state index is -0.00198. The predicted octanol–water partition coefficient (Wildman–Crippen LogP) is 2.79. The maximum atomic E-state index is 12.8. The second-order valence-corrected chi connectivity index (χ2v) is 8.33. The van der Waals surface area contributed by atoms with E-state index in [4.69, 9.17) is 4.98 Å². The molecular formula is C18H25N5OS. The summed E-state index contributed by atoms with van der Waals surface area (Å²) < 4.78 is 0. The summed E-state index contributed by atoms with van der Waals surface area (Å²) in [6.45, 7) is 4.14. The van der Waals surface area contributed by atoms with E-state index in [2.05, 4.69) is 27.5 Å². The van der Waals surface area contributed by atoms with Crippen molar-refractivity contribution >= 4 is 17.2 Å². The van der Waals surface area contributed by atoms with Gasteiger partial charge in [0.05, 0.1) is 28.6 Å². The van der Waals surface area contributed by atoms with Gasteiger partial charge in [0.15, 0.2) is 0 Å². The summed E-state index contributed by atoms with van der Waals surface area (Å²) in [6.07, 6.45) is 7.32. The standard InChI is InChI=1S/C18H25N5OS/c1-11-16(25-18(20-11)13-6-4-8-23(2)10-13)17(24)21-14-7-3-5-12-9-19-22-15(12)14/h9,13-14H,3-8,10H2,1-2H3,(H,19,22)(H,21,24). The molecule has 2 N–H and O–H groups in total. The molecule has 2 atom stereocenters. The van der Waals surface area contributed by atoms with Gasteiger partial charge < -0.3 is 10.2 Å². The van der Waals surface area contributed by atoms with E-state index in [0.717, 1.165) is 53.6 Å². The molecule has 25 heavy (non-hydrogen) atoms. The first-order valence-corrected chi connectivity index (χ1v) is 9.92. The highest BCUT2D eigenvalue weighted by Gasteiger charge is 2.28. The Balaban J connectivity index is 1.50. The molecule has 2 aromatic heterocycles. The average molecular weight is 359 g/mol. The number of likely N-dealkylation sites (N-methyl/N-ethyl adjacent to an activating group) is 1. The Morgan fingerprint density at radius 3 is 3.12 bits per heavy atom. The number of hydrogen-bond acceptors (Lipinski definition) is 5. The molecule has 1 aliphatic carbocycles. The molecule has 4 rings (SSSR count). The van der Waals surface area contributed by atoms with E-state index in [1.807, 2.05) is 13.1 Å². The van der Waals surface area contributed by atoms with Crippen molar-refractivity contribution in [1.82, 2.24) is 25.4 Å². The van der Waals surface area contributed by atoms with Crippen LogP contribution in [0.2, 0.25) is 0 Å². The van der Waals surface area contributed by atoms with Crippen LogP contribution in [0.15, 0.2) is 6.20 Å². The smallest absolute Gasteiger partial charge is 0.263 e. The Morgan fingerprint density at radius 1 is 1.40 bits per heavy atom. The number of carbonyl (C=O) groups excluding carboxylic acids is 1. The molecular weight excluding hydrogens is 334 g/mol. The summed E-state index contributed by atoms with van der Waals surface area (Å²) in [5.41, 5.74) is 3.14. The number of carbonyl (C=O) groups is 1. The number of aromatic amines is 1. The fourth-order valence-electron chi connectivity index (χ4n) is 4.00. The van der Waals surface area contributed by atoms with Crippen LogP contribution < -0.4 is 5.32 Å². The van der Waals surface area contributed by atoms with E-state index in [9.17, 15) is 4.79 Å². The molecule has 0 aromatic carbocycles. The van der Waals surface area contributed by atoms with Crippen LogP contribution in [0.1, 0.15) is 69.3 Å². The van der Waals surface area contributed by atoms with Gasteiger partial charge in [0.2, 0.25) is 0 Å². The summed E-state index contributed by atoms with van der Waals surface area (Å²) in [7, 11) is 2.16. The molecule has 0 saturated carbocycles. The monoisotopic (exact) mass is 359 g/mol. The van der Waals surface area contributed by atoms with Gasteiger partial charge in [-0.15, -0.1) is 11.3 Å². The fraction of sp³-hybridized carbons (Fsp3) is 0.611. The van der Waals surface area contributed by atoms with Gasteiger partial charge in [-0.25, -0.2) is 4.98 Å². The van der Waals surface area contributed by atoms with Crippen LogP contribution in [-0.4, -0.2) is 46.1 Å². The maximum Gasteiger partial charge on any atom is 0.263 e. The van der Waals surface area contributed by atoms with E-state index < -0.39 is 0 Å². The molecule has 1 amide bonds. The van der Waals surface area contributed by atoms with Crippen molar-refractivity contribution in [3.05, 3.63) is 33.0 Å². The first-order chi connectivity index (χ1) is 12.1. The van der Waals surface area contributed by atoms with E-state index in [1.54, 1.807) is 11.3 Å². The fourth-order valence-corrected chi connectivity index (χ4v) is 5.10. The van der Waals surface area contributed by atoms with E-state index in [0.29, 0.717) is 5.92 Å². The third-order valence-corrected chi connectivity index (χ3v) is 6.66. The first kappa shape index (κ1) is 16.7. The van der Waals surface area contributed by atoms with E-state index >= 15 is 0 Å². The van der Waals surface area contributed by atoms with Gasteiger partial charge in [-0.3, -0.25) is 9.89 Å². The number of hydrogen-bond donors (Lipinski definition) is 2. The number of aromatic nitrogens is 3. The lowest BCUT2D eigenvalue weighted by atomic mass is 9.93. The van der Waals surface area contributed by atoms with Crippen molar-refractivity contribution in [2.75, 3.05) is 20.1 Å². The minimum absolute atomic E-state index is 0.00198. The van der Waals surface area contributed by atoms with Crippen LogP contribution in [0, 0.1) is 6.92 Å². The predicted molar refractivity (Wildman–Crippen MR) is 98.1 cm³/mol. The van der Waals surface area contributed by atoms with E-state index in [-0.39, 0.29) is 11.9 Å². The first-order valence-electron chi connectivity index (χ1n) is 9.10. The second kappa shape index (κ2) is 6.88. The number of likely N-dealkylation sites (tertiary alicyclic amines) is 1. The molecule has 6 nitrogen and oxygen atoms in total. The van der Waals surface area contributed by atoms with Crippen LogP contribution in [-0.2, 0) is 6.42 Å². The van der Waals surface area contributed by atoms with Gasteiger partial charge in [-0.05, 0) is 58.2 Å². The number of amides is 1. The Bertz CT molecular complexity index is 767. The lowest BCUT2D eigenvalue weighted by molar-refractivity contribution is 0.0935. The van der Waals surface area contributed by atoms with Gasteiger partial charge in [-0.1, -0.05) is 0 Å². The largest absolute Gasteiger partial charge is 0.343 e. The summed E-state index contributed by atoms with van der Waals surface area (Å²) >= 11 is 1.57. The van der Waals surface area contributed by atoms with Crippen molar-refractivity contribution < 1.29 is 4.79 Å². The number of nitrogens with one attached hydrogen (secondary N) is 2. The van der Waals surface area contributed by atoms with Gasteiger partial charge in [-0.2, -0.15) is 5.10 Å². The normalized spacial score (nSPS) is 24.1. The minimum Gasteiger partial charge on any atom is -0.343 e. The Labute approximate surface area is 152 Å². The van der Waals surface area contributed by atoms with Crippen molar-refractivity contribution in [1.29, 1.82) is 0 Å². The number of thiazole rings is 1. The average Bonchev–Trinajstić information content (AvgIpc) is 3.22. The van der Waals surface area contributed by atoms with Crippen LogP contribution >= 0.6 is 11.3 Å². The third kappa shape index (κ3) is 3.35. The van der Waals surface area contributed by atoms with Crippen LogP contribution in [0.3, 0.4) is 0 Å². The number of nitrogens with zero attached hydrogens (tertiary/aromatic N) is 3. The Kier molecular flexibility index (Phi) is 4.60. The molecule has 1 fully saturated rings. The third-order valence-electron chi connectivity index (χ3n) is 5.34. The zero-order valence-electron chi connectivity index (χ0n) is 14.8. The highest BCUT2D eigenvalue weighted by atomic mass is 32.1. The van der Waals surface area contributed by atoms with Crippen LogP contribution in [0.5, 0.6) is 0 Å². The number of aryl methyl sites for hydroxylation is 2. The molecule has 0 radical (unpaired) electrons. The highest BCUT2D eigenvalue weighted by Crippen LogP contribution is 2.32. The van der Waals surface area contributed by atoms with Crippen molar-refractivity contribution in [3.8, 4) is 0 Å². The zero-order chi connectivity index (χ0) is 17.4. The zero-order valence-corrected chi connectivity index (χ0v) is 15.7. The Hall–Kier alpha value is -1.73. The highest BCUT2D eigenvalue weighted by molar-refractivity contribution is 7.13. The summed E-state index contributed by atoms with van der Waals surface area (Å²) in [5, 5.41) is 11.5. The number of rotatable bonds is 3. The molecule has 2 aliphatic rings.